The molecular formula is C23H25ClN4O2S. The van der Waals surface area contributed by atoms with Crippen molar-refractivity contribution in [2.75, 3.05) is 5.75 Å². The first-order valence-electron chi connectivity index (χ1n) is 10.4. The van der Waals surface area contributed by atoms with Crippen molar-refractivity contribution in [3.63, 3.8) is 0 Å². The zero-order chi connectivity index (χ0) is 22.1. The van der Waals surface area contributed by atoms with Crippen LogP contribution in [-0.2, 0) is 0 Å². The van der Waals surface area contributed by atoms with Crippen molar-refractivity contribution in [1.29, 1.82) is 0 Å². The zero-order valence-corrected chi connectivity index (χ0v) is 19.4. The van der Waals surface area contributed by atoms with E-state index in [0.29, 0.717) is 27.9 Å². The van der Waals surface area contributed by atoms with E-state index in [9.17, 15) is 9.59 Å². The number of nitrogens with one attached hydrogen (secondary N) is 1. The second-order valence-electron chi connectivity index (χ2n) is 7.99. The summed E-state index contributed by atoms with van der Waals surface area (Å²) in [5.41, 5.74) is 3.39. The molecule has 0 radical (unpaired) electrons. The number of aryl methyl sites for hydroxylation is 1. The van der Waals surface area contributed by atoms with Crippen molar-refractivity contribution in [2.24, 2.45) is 0 Å². The standard InChI is InChI=1S/C23H25ClN4O2S/c1-13-20(15(3)29)14(2)25-21(13)19(30)12-31-23-27-26-22(17-10-6-7-11-18(17)24)28(23)16-8-4-5-9-16/h6-7,10-11,16,25H,4-5,8-9,12H2,1-3H3. The van der Waals surface area contributed by atoms with E-state index in [1.54, 1.807) is 0 Å². The number of thioether (sulfide) groups is 1. The highest BCUT2D eigenvalue weighted by Gasteiger charge is 2.27. The number of carbonyl (C=O) groups is 2. The van der Waals surface area contributed by atoms with E-state index in [4.69, 9.17) is 11.6 Å². The van der Waals surface area contributed by atoms with Gasteiger partial charge in [0.2, 0.25) is 0 Å². The van der Waals surface area contributed by atoms with Gasteiger partial charge in [0.05, 0.1) is 16.5 Å². The van der Waals surface area contributed by atoms with Crippen molar-refractivity contribution in [1.82, 2.24) is 19.7 Å². The Morgan fingerprint density at radius 3 is 2.55 bits per heavy atom. The first kappa shape index (κ1) is 21.8. The molecule has 0 unspecified atom stereocenters. The van der Waals surface area contributed by atoms with Gasteiger partial charge in [-0.2, -0.15) is 0 Å². The van der Waals surface area contributed by atoms with Gasteiger partial charge < -0.3 is 4.98 Å². The van der Waals surface area contributed by atoms with E-state index in [1.165, 1.54) is 31.5 Å². The van der Waals surface area contributed by atoms with E-state index < -0.39 is 0 Å². The lowest BCUT2D eigenvalue weighted by Crippen LogP contribution is -2.11. The third kappa shape index (κ3) is 4.21. The first-order valence-corrected chi connectivity index (χ1v) is 11.8. The van der Waals surface area contributed by atoms with E-state index in [0.717, 1.165) is 35.1 Å². The molecule has 8 heteroatoms. The predicted molar refractivity (Wildman–Crippen MR) is 123 cm³/mol. The number of nitrogens with zero attached hydrogens (tertiary/aromatic N) is 3. The van der Waals surface area contributed by atoms with Gasteiger partial charge in [0, 0.05) is 22.9 Å². The molecule has 1 aliphatic rings. The molecule has 0 amide bonds. The van der Waals surface area contributed by atoms with Gasteiger partial charge in [-0.25, -0.2) is 0 Å². The summed E-state index contributed by atoms with van der Waals surface area (Å²) < 4.78 is 2.15. The number of hydrogen-bond acceptors (Lipinski definition) is 5. The average Bonchev–Trinajstić information content (AvgIpc) is 3.45. The van der Waals surface area contributed by atoms with Crippen molar-refractivity contribution < 1.29 is 9.59 Å². The Morgan fingerprint density at radius 2 is 1.90 bits per heavy atom. The second-order valence-corrected chi connectivity index (χ2v) is 9.34. The molecule has 0 bridgehead atoms. The van der Waals surface area contributed by atoms with Crippen LogP contribution in [0.4, 0.5) is 0 Å². The molecule has 1 aliphatic carbocycles. The van der Waals surface area contributed by atoms with E-state index in [-0.39, 0.29) is 17.3 Å². The molecule has 2 heterocycles. The van der Waals surface area contributed by atoms with Crippen LogP contribution < -0.4 is 0 Å². The topological polar surface area (TPSA) is 80.6 Å². The molecule has 1 saturated carbocycles. The lowest BCUT2D eigenvalue weighted by atomic mass is 10.1. The van der Waals surface area contributed by atoms with Gasteiger partial charge in [-0.05, 0) is 51.3 Å². The summed E-state index contributed by atoms with van der Waals surface area (Å²) in [7, 11) is 0. The van der Waals surface area contributed by atoms with Crippen molar-refractivity contribution in [3.05, 3.63) is 51.8 Å². The van der Waals surface area contributed by atoms with Crippen LogP contribution in [-0.4, -0.2) is 37.1 Å². The highest BCUT2D eigenvalue weighted by Crippen LogP contribution is 2.38. The summed E-state index contributed by atoms with van der Waals surface area (Å²) in [5, 5.41) is 10.2. The number of benzene rings is 1. The Kier molecular flexibility index (Phi) is 6.34. The minimum Gasteiger partial charge on any atom is -0.355 e. The Balaban J connectivity index is 1.62. The Morgan fingerprint density at radius 1 is 1.19 bits per heavy atom. The SMILES string of the molecule is CC(=O)c1c(C)[nH]c(C(=O)CSc2nnc(-c3ccccc3Cl)n2C2CCCC2)c1C. The largest absolute Gasteiger partial charge is 0.355 e. The van der Waals surface area contributed by atoms with Gasteiger partial charge >= 0.3 is 0 Å². The van der Waals surface area contributed by atoms with E-state index in [1.807, 2.05) is 38.1 Å². The van der Waals surface area contributed by atoms with Crippen LogP contribution in [0.2, 0.25) is 5.02 Å². The van der Waals surface area contributed by atoms with Gasteiger partial charge in [-0.3, -0.25) is 14.2 Å². The maximum absolute atomic E-state index is 12.9. The summed E-state index contributed by atoms with van der Waals surface area (Å²) in [4.78, 5) is 27.9. The Hall–Kier alpha value is -2.38. The number of Topliss-reactive ketones (excluding diaryl/α,β-unsaturated/α-hetero) is 2. The van der Waals surface area contributed by atoms with Crippen LogP contribution in [0.3, 0.4) is 0 Å². The number of aromatic amines is 1. The normalized spacial score (nSPS) is 14.3. The molecule has 31 heavy (non-hydrogen) atoms. The highest BCUT2D eigenvalue weighted by atomic mass is 35.5. The minimum atomic E-state index is -0.0571. The van der Waals surface area contributed by atoms with E-state index in [2.05, 4.69) is 19.7 Å². The molecule has 0 atom stereocenters. The van der Waals surface area contributed by atoms with Gasteiger partial charge in [0.15, 0.2) is 22.5 Å². The number of halogens is 1. The summed E-state index contributed by atoms with van der Waals surface area (Å²) in [5.74, 6) is 0.866. The maximum atomic E-state index is 12.9. The van der Waals surface area contributed by atoms with Crippen molar-refractivity contribution in [3.8, 4) is 11.4 Å². The first-order chi connectivity index (χ1) is 14.9. The lowest BCUT2D eigenvalue weighted by Gasteiger charge is -2.17. The van der Waals surface area contributed by atoms with Crippen LogP contribution in [0.1, 0.15) is 70.8 Å². The van der Waals surface area contributed by atoms with Crippen LogP contribution >= 0.6 is 23.4 Å². The van der Waals surface area contributed by atoms with Crippen molar-refractivity contribution in [2.45, 2.75) is 57.7 Å². The smallest absolute Gasteiger partial charge is 0.192 e. The van der Waals surface area contributed by atoms with Gasteiger partial charge in [0.1, 0.15) is 0 Å². The third-order valence-electron chi connectivity index (χ3n) is 5.87. The number of aromatic nitrogens is 4. The Bertz CT molecular complexity index is 1140. The van der Waals surface area contributed by atoms with Crippen LogP contribution in [0.15, 0.2) is 29.4 Å². The number of H-pyrrole nitrogens is 1. The van der Waals surface area contributed by atoms with Crippen molar-refractivity contribution >= 4 is 34.9 Å². The fourth-order valence-electron chi connectivity index (χ4n) is 4.45. The molecule has 1 N–H and O–H groups in total. The minimum absolute atomic E-state index is 0.0386. The molecule has 6 nitrogen and oxygen atoms in total. The van der Waals surface area contributed by atoms with Crippen LogP contribution in [0.25, 0.3) is 11.4 Å². The Labute approximate surface area is 190 Å². The number of hydrogen-bond donors (Lipinski definition) is 1. The predicted octanol–water partition coefficient (Wildman–Crippen LogP) is 5.84. The number of carbonyl (C=O) groups excluding carboxylic acids is 2. The number of ketones is 2. The summed E-state index contributed by atoms with van der Waals surface area (Å²) >= 11 is 7.82. The quantitative estimate of drug-likeness (QED) is 0.357. The summed E-state index contributed by atoms with van der Waals surface area (Å²) in [6.45, 7) is 5.15. The molecule has 4 rings (SSSR count). The highest BCUT2D eigenvalue weighted by molar-refractivity contribution is 7.99. The third-order valence-corrected chi connectivity index (χ3v) is 7.14. The fraction of sp³-hybridized carbons (Fsp3) is 0.391. The van der Waals surface area contributed by atoms with Crippen LogP contribution in [0, 0.1) is 13.8 Å². The lowest BCUT2D eigenvalue weighted by molar-refractivity contribution is 0.101. The second kappa shape index (κ2) is 9.01. The average molecular weight is 457 g/mol. The monoisotopic (exact) mass is 456 g/mol. The van der Waals surface area contributed by atoms with Gasteiger partial charge in [-0.15, -0.1) is 10.2 Å². The molecule has 1 aromatic carbocycles. The van der Waals surface area contributed by atoms with Gasteiger partial charge in [0.25, 0.3) is 0 Å². The molecule has 3 aromatic rings. The van der Waals surface area contributed by atoms with Crippen LogP contribution in [0.5, 0.6) is 0 Å². The van der Waals surface area contributed by atoms with Gasteiger partial charge in [-0.1, -0.05) is 48.3 Å². The molecule has 162 valence electrons. The molecule has 0 saturated heterocycles. The molecule has 1 fully saturated rings. The zero-order valence-electron chi connectivity index (χ0n) is 17.9. The summed E-state index contributed by atoms with van der Waals surface area (Å²) in [6, 6.07) is 7.94. The summed E-state index contributed by atoms with van der Waals surface area (Å²) in [6.07, 6.45) is 4.47. The number of rotatable bonds is 7. The fourth-order valence-corrected chi connectivity index (χ4v) is 5.55. The molecule has 0 spiro atoms. The molecule has 0 aliphatic heterocycles. The van der Waals surface area contributed by atoms with E-state index >= 15 is 0 Å². The maximum Gasteiger partial charge on any atom is 0.192 e. The molecular weight excluding hydrogens is 432 g/mol. The molecule has 2 aromatic heterocycles.